The van der Waals surface area contributed by atoms with E-state index in [4.69, 9.17) is 0 Å². The van der Waals surface area contributed by atoms with Crippen LogP contribution in [0.3, 0.4) is 0 Å². The number of hydrogen-bond acceptors (Lipinski definition) is 3. The van der Waals surface area contributed by atoms with Gasteiger partial charge in [-0.15, -0.1) is 0 Å². The van der Waals surface area contributed by atoms with Gasteiger partial charge in [0.15, 0.2) is 0 Å². The van der Waals surface area contributed by atoms with Crippen molar-refractivity contribution in [2.45, 2.75) is 76.8 Å². The van der Waals surface area contributed by atoms with Gasteiger partial charge in [-0.25, -0.2) is 0 Å². The molecule has 2 fully saturated rings. The summed E-state index contributed by atoms with van der Waals surface area (Å²) in [5, 5.41) is 13.2. The molecule has 4 rings (SSSR count). The van der Waals surface area contributed by atoms with E-state index in [1.807, 2.05) is 13.8 Å². The molecular weight excluding hydrogens is 432 g/mol. The predicted octanol–water partition coefficient (Wildman–Crippen LogP) is 5.98. The largest absolute Gasteiger partial charge is 0.480 e. The maximum absolute atomic E-state index is 11.8. The first-order chi connectivity index (χ1) is 17.0. The number of carboxylic acids is 1. The number of benzene rings is 2. The molecule has 0 spiro atoms. The molecule has 4 heteroatoms. The van der Waals surface area contributed by atoms with Crippen molar-refractivity contribution in [2.24, 2.45) is 17.8 Å². The van der Waals surface area contributed by atoms with Crippen LogP contribution in [0.1, 0.15) is 69.4 Å². The number of nitrogens with one attached hydrogen (secondary N) is 1. The Morgan fingerprint density at radius 3 is 2.29 bits per heavy atom. The highest BCUT2D eigenvalue weighted by Crippen LogP contribution is 2.41. The number of nitrogens with zero attached hydrogens (tertiary/aromatic N) is 1. The summed E-state index contributed by atoms with van der Waals surface area (Å²) >= 11 is 0. The van der Waals surface area contributed by atoms with Crippen LogP contribution in [0.5, 0.6) is 0 Å². The SMILES string of the molecule is CC(C)C(NC1CC(CN2CCC(CCCc3ccccc3)CC2)C(c2ccccc2)C1)C(=O)O. The fourth-order valence-electron chi connectivity index (χ4n) is 6.40. The van der Waals surface area contributed by atoms with Crippen molar-refractivity contribution in [2.75, 3.05) is 19.6 Å². The number of aliphatic carboxylic acids is 1. The summed E-state index contributed by atoms with van der Waals surface area (Å²) in [4.78, 5) is 14.5. The number of likely N-dealkylation sites (tertiary alicyclic amines) is 1. The van der Waals surface area contributed by atoms with Crippen molar-refractivity contribution in [1.82, 2.24) is 10.2 Å². The molecule has 4 atom stereocenters. The van der Waals surface area contributed by atoms with E-state index in [0.717, 1.165) is 25.3 Å². The molecule has 0 amide bonds. The Labute approximate surface area is 212 Å². The highest BCUT2D eigenvalue weighted by Gasteiger charge is 2.38. The smallest absolute Gasteiger partial charge is 0.320 e. The molecule has 1 saturated heterocycles. The normalized spacial score (nSPS) is 24.6. The molecule has 2 aromatic rings. The molecule has 1 heterocycles. The quantitative estimate of drug-likeness (QED) is 0.419. The molecule has 1 aliphatic carbocycles. The Bertz CT molecular complexity index is 893. The average molecular weight is 477 g/mol. The first-order valence-electron chi connectivity index (χ1n) is 13.8. The van der Waals surface area contributed by atoms with Gasteiger partial charge in [-0.3, -0.25) is 4.79 Å². The van der Waals surface area contributed by atoms with E-state index in [-0.39, 0.29) is 12.0 Å². The minimum Gasteiger partial charge on any atom is -0.480 e. The first kappa shape index (κ1) is 25.9. The summed E-state index contributed by atoms with van der Waals surface area (Å²) in [5.41, 5.74) is 2.87. The molecule has 35 heavy (non-hydrogen) atoms. The van der Waals surface area contributed by atoms with Crippen molar-refractivity contribution in [3.63, 3.8) is 0 Å². The summed E-state index contributed by atoms with van der Waals surface area (Å²) in [5.74, 6) is 1.29. The van der Waals surface area contributed by atoms with Crippen LogP contribution in [0.25, 0.3) is 0 Å². The molecule has 2 N–H and O–H groups in total. The van der Waals surface area contributed by atoms with E-state index in [0.29, 0.717) is 11.8 Å². The van der Waals surface area contributed by atoms with E-state index in [9.17, 15) is 9.90 Å². The molecule has 4 unspecified atom stereocenters. The van der Waals surface area contributed by atoms with Crippen molar-refractivity contribution >= 4 is 5.97 Å². The number of piperidine rings is 1. The Kier molecular flexibility index (Phi) is 9.39. The lowest BCUT2D eigenvalue weighted by Crippen LogP contribution is -2.46. The first-order valence-corrected chi connectivity index (χ1v) is 13.8. The van der Waals surface area contributed by atoms with Crippen LogP contribution in [-0.2, 0) is 11.2 Å². The van der Waals surface area contributed by atoms with E-state index < -0.39 is 12.0 Å². The zero-order valence-electron chi connectivity index (χ0n) is 21.6. The van der Waals surface area contributed by atoms with E-state index in [1.165, 1.54) is 56.3 Å². The number of hydrogen-bond donors (Lipinski definition) is 2. The monoisotopic (exact) mass is 476 g/mol. The van der Waals surface area contributed by atoms with Crippen LogP contribution >= 0.6 is 0 Å². The van der Waals surface area contributed by atoms with E-state index in [1.54, 1.807) is 0 Å². The fourth-order valence-corrected chi connectivity index (χ4v) is 6.40. The highest BCUT2D eigenvalue weighted by atomic mass is 16.4. The van der Waals surface area contributed by atoms with Gasteiger partial charge in [0.25, 0.3) is 0 Å². The van der Waals surface area contributed by atoms with Crippen LogP contribution in [0.4, 0.5) is 0 Å². The van der Waals surface area contributed by atoms with Gasteiger partial charge in [0.1, 0.15) is 6.04 Å². The number of rotatable bonds is 11. The van der Waals surface area contributed by atoms with Gasteiger partial charge in [-0.2, -0.15) is 0 Å². The molecule has 0 radical (unpaired) electrons. The van der Waals surface area contributed by atoms with Gasteiger partial charge < -0.3 is 15.3 Å². The number of carboxylic acid groups (broad SMARTS) is 1. The topological polar surface area (TPSA) is 52.6 Å². The number of carbonyl (C=O) groups is 1. The van der Waals surface area contributed by atoms with Gasteiger partial charge >= 0.3 is 5.97 Å². The maximum Gasteiger partial charge on any atom is 0.320 e. The van der Waals surface area contributed by atoms with Crippen LogP contribution in [0.2, 0.25) is 0 Å². The van der Waals surface area contributed by atoms with Crippen LogP contribution in [0, 0.1) is 17.8 Å². The lowest BCUT2D eigenvalue weighted by atomic mass is 9.87. The van der Waals surface area contributed by atoms with Gasteiger partial charge in [-0.05, 0) is 86.4 Å². The molecule has 1 saturated carbocycles. The molecule has 1 aliphatic heterocycles. The lowest BCUT2D eigenvalue weighted by molar-refractivity contribution is -0.140. The molecule has 0 aromatic heterocycles. The molecular formula is C31H44N2O2. The van der Waals surface area contributed by atoms with E-state index in [2.05, 4.69) is 70.9 Å². The minimum atomic E-state index is -0.728. The van der Waals surface area contributed by atoms with Gasteiger partial charge in [-0.1, -0.05) is 80.9 Å². The summed E-state index contributed by atoms with van der Waals surface area (Å²) in [7, 11) is 0. The summed E-state index contributed by atoms with van der Waals surface area (Å²) in [6.07, 6.45) is 8.55. The molecule has 190 valence electrons. The van der Waals surface area contributed by atoms with Gasteiger partial charge in [0.05, 0.1) is 0 Å². The van der Waals surface area contributed by atoms with Crippen molar-refractivity contribution in [1.29, 1.82) is 0 Å². The van der Waals surface area contributed by atoms with Crippen molar-refractivity contribution in [3.05, 3.63) is 71.8 Å². The van der Waals surface area contributed by atoms with E-state index >= 15 is 0 Å². The summed E-state index contributed by atoms with van der Waals surface area (Å²) in [6.45, 7) is 7.54. The lowest BCUT2D eigenvalue weighted by Gasteiger charge is -2.35. The van der Waals surface area contributed by atoms with Gasteiger partial charge in [0, 0.05) is 12.6 Å². The molecule has 2 aromatic carbocycles. The Balaban J connectivity index is 1.29. The second kappa shape index (κ2) is 12.7. The molecule has 4 nitrogen and oxygen atoms in total. The minimum absolute atomic E-state index is 0.0858. The average Bonchev–Trinajstić information content (AvgIpc) is 3.27. The Hall–Kier alpha value is -2.17. The summed E-state index contributed by atoms with van der Waals surface area (Å²) in [6, 6.07) is 21.6. The standard InChI is InChI=1S/C31H44N2O2/c1-23(2)30(31(34)35)32-28-20-27(29(21-28)26-14-7-4-8-15-26)22-33-18-16-25(17-19-33)13-9-12-24-10-5-3-6-11-24/h3-8,10-11,14-15,23,25,27-30,32H,9,12-13,16-22H2,1-2H3,(H,34,35). The third-order valence-electron chi connectivity index (χ3n) is 8.39. The van der Waals surface area contributed by atoms with Crippen molar-refractivity contribution < 1.29 is 9.90 Å². The Morgan fingerprint density at radius 1 is 1.00 bits per heavy atom. The second-order valence-electron chi connectivity index (χ2n) is 11.3. The predicted molar refractivity (Wildman–Crippen MR) is 144 cm³/mol. The third kappa shape index (κ3) is 7.41. The van der Waals surface area contributed by atoms with Crippen LogP contribution < -0.4 is 5.32 Å². The third-order valence-corrected chi connectivity index (χ3v) is 8.39. The summed E-state index contributed by atoms with van der Waals surface area (Å²) < 4.78 is 0. The van der Waals surface area contributed by atoms with Gasteiger partial charge in [0.2, 0.25) is 0 Å². The molecule has 0 bridgehead atoms. The second-order valence-corrected chi connectivity index (χ2v) is 11.3. The van der Waals surface area contributed by atoms with Crippen LogP contribution in [-0.4, -0.2) is 47.7 Å². The highest BCUT2D eigenvalue weighted by molar-refractivity contribution is 5.73. The maximum atomic E-state index is 11.8. The fraction of sp³-hybridized carbons (Fsp3) is 0.581. The molecule has 2 aliphatic rings. The van der Waals surface area contributed by atoms with Crippen LogP contribution in [0.15, 0.2) is 60.7 Å². The van der Waals surface area contributed by atoms with Crippen molar-refractivity contribution in [3.8, 4) is 0 Å². The zero-order valence-corrected chi connectivity index (χ0v) is 21.6. The number of aryl methyl sites for hydroxylation is 1. The zero-order chi connectivity index (χ0) is 24.6. The Morgan fingerprint density at radius 2 is 1.66 bits per heavy atom.